The van der Waals surface area contributed by atoms with Crippen LogP contribution in [0.2, 0.25) is 0 Å². The number of hydrogen-bond donors (Lipinski definition) is 0. The van der Waals surface area contributed by atoms with Gasteiger partial charge in [0.15, 0.2) is 0 Å². The van der Waals surface area contributed by atoms with Crippen molar-refractivity contribution in [2.24, 2.45) is 0 Å². The fourth-order valence-electron chi connectivity index (χ4n) is 2.75. The Morgan fingerprint density at radius 1 is 0.625 bits per heavy atom. The monoisotopic (exact) mass is 325 g/mol. The Labute approximate surface area is 147 Å². The van der Waals surface area contributed by atoms with Crippen molar-refractivity contribution >= 4 is 0 Å². The van der Waals surface area contributed by atoms with Crippen LogP contribution >= 0.6 is 0 Å². The third-order valence-corrected chi connectivity index (χ3v) is 4.80. The van der Waals surface area contributed by atoms with Gasteiger partial charge in [-0.15, -0.1) is 0 Å². The van der Waals surface area contributed by atoms with Crippen LogP contribution in [0.15, 0.2) is 30.7 Å². The molecule has 0 saturated heterocycles. The average Bonchev–Trinajstić information content (AvgIpc) is 2.59. The van der Waals surface area contributed by atoms with Gasteiger partial charge >= 0.3 is 0 Å². The van der Waals surface area contributed by atoms with Gasteiger partial charge in [-0.25, -0.2) is 0 Å². The summed E-state index contributed by atoms with van der Waals surface area (Å²) in [4.78, 5) is 13.8. The molecule has 2 aromatic rings. The summed E-state index contributed by atoms with van der Waals surface area (Å²) in [5.74, 6) is 1.86. The molecular weight excluding hydrogens is 294 g/mol. The molecule has 0 amide bonds. The van der Waals surface area contributed by atoms with Crippen LogP contribution in [0.3, 0.4) is 0 Å². The van der Waals surface area contributed by atoms with Crippen LogP contribution in [-0.4, -0.2) is 15.0 Å². The Kier molecular flexibility index (Phi) is 6.47. The Morgan fingerprint density at radius 3 is 1.62 bits per heavy atom. The van der Waals surface area contributed by atoms with E-state index in [9.17, 15) is 0 Å². The van der Waals surface area contributed by atoms with Crippen molar-refractivity contribution in [2.45, 2.75) is 78.1 Å². The van der Waals surface area contributed by atoms with E-state index in [1.807, 2.05) is 18.6 Å². The molecule has 2 aromatic heterocycles. The maximum atomic E-state index is 4.65. The molecule has 130 valence electrons. The molecule has 2 unspecified atom stereocenters. The van der Waals surface area contributed by atoms with Gasteiger partial charge in [-0.05, 0) is 48.1 Å². The van der Waals surface area contributed by atoms with Gasteiger partial charge in [0.1, 0.15) is 0 Å². The normalized spacial score (nSPS) is 14.2. The maximum Gasteiger partial charge on any atom is 0.0615 e. The zero-order valence-electron chi connectivity index (χ0n) is 16.0. The van der Waals surface area contributed by atoms with Crippen molar-refractivity contribution in [1.29, 1.82) is 0 Å². The summed E-state index contributed by atoms with van der Waals surface area (Å²) in [5.41, 5.74) is 4.65. The average molecular weight is 326 g/mol. The molecule has 0 N–H and O–H groups in total. The topological polar surface area (TPSA) is 38.7 Å². The predicted octanol–water partition coefficient (Wildman–Crippen LogP) is 5.81. The fourth-order valence-corrected chi connectivity index (χ4v) is 2.75. The van der Waals surface area contributed by atoms with Gasteiger partial charge in [-0.2, -0.15) is 0 Å². The van der Waals surface area contributed by atoms with Crippen LogP contribution in [0.4, 0.5) is 0 Å². The highest BCUT2D eigenvalue weighted by Gasteiger charge is 2.13. The van der Waals surface area contributed by atoms with Crippen LogP contribution in [0, 0.1) is 0 Å². The summed E-state index contributed by atoms with van der Waals surface area (Å²) in [6.07, 6.45) is 8.11. The first-order valence-electron chi connectivity index (χ1n) is 9.16. The molecule has 0 bridgehead atoms. The van der Waals surface area contributed by atoms with Gasteiger partial charge in [0.2, 0.25) is 0 Å². The maximum absolute atomic E-state index is 4.65. The molecule has 0 aromatic carbocycles. The number of rotatable bonds is 7. The van der Waals surface area contributed by atoms with Crippen LogP contribution in [0.5, 0.6) is 0 Å². The van der Waals surface area contributed by atoms with Gasteiger partial charge < -0.3 is 0 Å². The Hall–Kier alpha value is -1.77. The second-order valence-corrected chi connectivity index (χ2v) is 7.57. The summed E-state index contributed by atoms with van der Waals surface area (Å²) in [6.45, 7) is 13.2. The van der Waals surface area contributed by atoms with E-state index in [0.29, 0.717) is 23.7 Å². The lowest BCUT2D eigenvalue weighted by Crippen LogP contribution is -2.04. The Morgan fingerprint density at radius 2 is 1.17 bits per heavy atom. The molecule has 3 nitrogen and oxygen atoms in total. The van der Waals surface area contributed by atoms with Gasteiger partial charge in [0, 0.05) is 24.3 Å². The minimum atomic E-state index is 0.427. The molecule has 0 saturated carbocycles. The molecule has 0 aliphatic heterocycles. The molecule has 0 fully saturated rings. The quantitative estimate of drug-likeness (QED) is 0.645. The van der Waals surface area contributed by atoms with E-state index in [1.54, 1.807) is 0 Å². The molecule has 2 atom stereocenters. The number of hydrogen-bond acceptors (Lipinski definition) is 3. The number of aromatic nitrogens is 3. The van der Waals surface area contributed by atoms with E-state index >= 15 is 0 Å². The van der Waals surface area contributed by atoms with Gasteiger partial charge in [0.25, 0.3) is 0 Å². The summed E-state index contributed by atoms with van der Waals surface area (Å²) in [5, 5.41) is 0. The van der Waals surface area contributed by atoms with Crippen LogP contribution in [0.1, 0.15) is 101 Å². The van der Waals surface area contributed by atoms with Crippen molar-refractivity contribution in [2.75, 3.05) is 0 Å². The van der Waals surface area contributed by atoms with Crippen LogP contribution < -0.4 is 0 Å². The Bertz CT molecular complexity index is 557. The molecule has 0 aliphatic rings. The molecule has 0 radical (unpaired) electrons. The van der Waals surface area contributed by atoms with Gasteiger partial charge in [-0.1, -0.05) is 47.6 Å². The highest BCUT2D eigenvalue weighted by molar-refractivity contribution is 5.19. The van der Waals surface area contributed by atoms with Gasteiger partial charge in [-0.3, -0.25) is 15.0 Å². The molecular formula is C21H31N3. The van der Waals surface area contributed by atoms with Crippen LogP contribution in [-0.2, 0) is 0 Å². The molecule has 3 heteroatoms. The number of nitrogens with zero attached hydrogens (tertiary/aromatic N) is 3. The lowest BCUT2D eigenvalue weighted by Gasteiger charge is -2.16. The van der Waals surface area contributed by atoms with E-state index in [2.05, 4.69) is 68.6 Å². The third-order valence-electron chi connectivity index (χ3n) is 4.80. The summed E-state index contributed by atoms with van der Waals surface area (Å²) >= 11 is 0. The SMILES string of the molecule is CC(C)c1ccc(C(C)CCC(C)c2cnc(C(C)C)cn2)nc1. The van der Waals surface area contributed by atoms with Crippen molar-refractivity contribution in [1.82, 2.24) is 15.0 Å². The molecule has 0 aliphatic carbocycles. The van der Waals surface area contributed by atoms with Crippen molar-refractivity contribution in [3.63, 3.8) is 0 Å². The summed E-state index contributed by atoms with van der Waals surface area (Å²) in [6, 6.07) is 4.39. The summed E-state index contributed by atoms with van der Waals surface area (Å²) in [7, 11) is 0. The lowest BCUT2D eigenvalue weighted by molar-refractivity contribution is 0.555. The second-order valence-electron chi connectivity index (χ2n) is 7.57. The van der Waals surface area contributed by atoms with Crippen molar-refractivity contribution < 1.29 is 0 Å². The first kappa shape index (κ1) is 18.6. The highest BCUT2D eigenvalue weighted by atomic mass is 14.8. The number of pyridine rings is 1. The minimum absolute atomic E-state index is 0.427. The smallest absolute Gasteiger partial charge is 0.0615 e. The summed E-state index contributed by atoms with van der Waals surface area (Å²) < 4.78 is 0. The first-order valence-corrected chi connectivity index (χ1v) is 9.16. The van der Waals surface area contributed by atoms with E-state index in [0.717, 1.165) is 24.2 Å². The molecule has 0 spiro atoms. The van der Waals surface area contributed by atoms with Gasteiger partial charge in [0.05, 0.1) is 11.4 Å². The lowest BCUT2D eigenvalue weighted by atomic mass is 9.93. The van der Waals surface area contributed by atoms with E-state index < -0.39 is 0 Å². The third kappa shape index (κ3) is 4.86. The van der Waals surface area contributed by atoms with E-state index in [4.69, 9.17) is 0 Å². The van der Waals surface area contributed by atoms with E-state index in [-0.39, 0.29) is 0 Å². The highest BCUT2D eigenvalue weighted by Crippen LogP contribution is 2.26. The fraction of sp³-hybridized carbons (Fsp3) is 0.571. The zero-order chi connectivity index (χ0) is 17.7. The largest absolute Gasteiger partial charge is 0.261 e. The first-order chi connectivity index (χ1) is 11.4. The standard InChI is InChI=1S/C21H31N3/c1-14(2)18-9-10-19(22-11-18)16(5)7-8-17(6)21-13-23-20(12-24-21)15(3)4/h9-17H,7-8H2,1-6H3. The Balaban J connectivity index is 1.91. The molecule has 2 rings (SSSR count). The predicted molar refractivity (Wildman–Crippen MR) is 101 cm³/mol. The van der Waals surface area contributed by atoms with Crippen molar-refractivity contribution in [3.8, 4) is 0 Å². The minimum Gasteiger partial charge on any atom is -0.261 e. The second kappa shape index (κ2) is 8.36. The van der Waals surface area contributed by atoms with Crippen LogP contribution in [0.25, 0.3) is 0 Å². The molecule has 24 heavy (non-hydrogen) atoms. The van der Waals surface area contributed by atoms with E-state index in [1.165, 1.54) is 11.3 Å². The van der Waals surface area contributed by atoms with Crippen molar-refractivity contribution in [3.05, 3.63) is 53.4 Å². The molecule has 2 heterocycles. The zero-order valence-corrected chi connectivity index (χ0v) is 16.0.